The summed E-state index contributed by atoms with van der Waals surface area (Å²) in [5.74, 6) is -0.278. The Morgan fingerprint density at radius 1 is 1.31 bits per heavy atom. The predicted molar refractivity (Wildman–Crippen MR) is 105 cm³/mol. The zero-order valence-corrected chi connectivity index (χ0v) is 16.6. The topological polar surface area (TPSA) is 74.6 Å². The predicted octanol–water partition coefficient (Wildman–Crippen LogP) is 4.92. The molecule has 1 aliphatic carbocycles. The number of rotatable bonds is 12. The lowest BCUT2D eigenvalue weighted by Crippen LogP contribution is -2.27. The van der Waals surface area contributed by atoms with E-state index in [1.54, 1.807) is 0 Å². The molecule has 0 aromatic heterocycles. The molecule has 0 aliphatic heterocycles. The number of carbonyl (C=O) groups is 2. The van der Waals surface area contributed by atoms with Crippen LogP contribution in [0.25, 0.3) is 0 Å². The van der Waals surface area contributed by atoms with Gasteiger partial charge in [-0.1, -0.05) is 57.9 Å². The molecule has 148 valence electrons. The van der Waals surface area contributed by atoms with Crippen LogP contribution < -0.4 is 0 Å². The Bertz CT molecular complexity index is 504. The third-order valence-electron chi connectivity index (χ3n) is 5.49. The van der Waals surface area contributed by atoms with Gasteiger partial charge < -0.3 is 10.2 Å². The Hall–Kier alpha value is -1.42. The van der Waals surface area contributed by atoms with Crippen molar-refractivity contribution in [1.82, 2.24) is 0 Å². The number of carboxylic acid groups (broad SMARTS) is 1. The first-order valence-electron chi connectivity index (χ1n) is 10.0. The van der Waals surface area contributed by atoms with Crippen molar-refractivity contribution in [3.63, 3.8) is 0 Å². The van der Waals surface area contributed by atoms with Crippen LogP contribution in [-0.4, -0.2) is 28.1 Å². The molecule has 0 spiro atoms. The summed E-state index contributed by atoms with van der Waals surface area (Å²) >= 11 is 0. The molecule has 26 heavy (non-hydrogen) atoms. The molecule has 0 radical (unpaired) electrons. The van der Waals surface area contributed by atoms with Gasteiger partial charge in [-0.3, -0.25) is 9.59 Å². The average molecular weight is 365 g/mol. The Morgan fingerprint density at radius 3 is 2.69 bits per heavy atom. The van der Waals surface area contributed by atoms with Crippen molar-refractivity contribution in [2.75, 3.05) is 0 Å². The number of hydrogen-bond donors (Lipinski definition) is 2. The van der Waals surface area contributed by atoms with Crippen molar-refractivity contribution in [1.29, 1.82) is 0 Å². The number of carbonyl (C=O) groups excluding carboxylic acids is 1. The molecule has 0 heterocycles. The van der Waals surface area contributed by atoms with Gasteiger partial charge in [-0.2, -0.15) is 0 Å². The lowest BCUT2D eigenvalue weighted by Gasteiger charge is -2.29. The zero-order chi connectivity index (χ0) is 19.6. The maximum absolute atomic E-state index is 12.2. The highest BCUT2D eigenvalue weighted by Crippen LogP contribution is 2.34. The molecule has 1 aliphatic rings. The highest BCUT2D eigenvalue weighted by atomic mass is 16.4. The Balaban J connectivity index is 2.52. The third kappa shape index (κ3) is 7.86. The van der Waals surface area contributed by atoms with Crippen LogP contribution in [0, 0.1) is 17.3 Å². The second-order valence-corrected chi connectivity index (χ2v) is 8.19. The third-order valence-corrected chi connectivity index (χ3v) is 5.49. The van der Waals surface area contributed by atoms with Gasteiger partial charge in [-0.15, -0.1) is 0 Å². The lowest BCUT2D eigenvalue weighted by atomic mass is 9.80. The minimum atomic E-state index is -0.769. The van der Waals surface area contributed by atoms with Gasteiger partial charge in [-0.05, 0) is 43.4 Å². The summed E-state index contributed by atoms with van der Waals surface area (Å²) in [6.45, 7) is 6.34. The molecule has 1 fully saturated rings. The van der Waals surface area contributed by atoms with Crippen molar-refractivity contribution in [3.8, 4) is 0 Å². The minimum Gasteiger partial charge on any atom is -0.481 e. The van der Waals surface area contributed by atoms with E-state index in [-0.39, 0.29) is 23.7 Å². The highest BCUT2D eigenvalue weighted by molar-refractivity contribution is 5.83. The number of aliphatic hydroxyl groups is 1. The van der Waals surface area contributed by atoms with Crippen LogP contribution in [0.3, 0.4) is 0 Å². The molecule has 0 amide bonds. The smallest absolute Gasteiger partial charge is 0.303 e. The van der Waals surface area contributed by atoms with Crippen molar-refractivity contribution in [2.24, 2.45) is 17.3 Å². The first-order chi connectivity index (χ1) is 12.3. The number of Topliss-reactive ketones (excluding diaryl/α,β-unsaturated/α-hetero) is 1. The van der Waals surface area contributed by atoms with Crippen LogP contribution in [0.5, 0.6) is 0 Å². The van der Waals surface area contributed by atoms with Crippen LogP contribution in [0.4, 0.5) is 0 Å². The first-order valence-corrected chi connectivity index (χ1v) is 10.0. The van der Waals surface area contributed by atoms with E-state index in [9.17, 15) is 14.7 Å². The normalized spacial score (nSPS) is 22.5. The molecule has 0 bridgehead atoms. The van der Waals surface area contributed by atoms with Crippen molar-refractivity contribution in [2.45, 2.75) is 84.7 Å². The fourth-order valence-corrected chi connectivity index (χ4v) is 3.49. The fourth-order valence-electron chi connectivity index (χ4n) is 3.49. The molecule has 3 atom stereocenters. The highest BCUT2D eigenvalue weighted by Gasteiger charge is 2.32. The summed E-state index contributed by atoms with van der Waals surface area (Å²) in [5.41, 5.74) is -0.144. The molecule has 0 saturated heterocycles. The van der Waals surface area contributed by atoms with E-state index in [4.69, 9.17) is 5.11 Å². The molecular formula is C22H36O4. The standard InChI is InChI=1S/C22H36O4/c1-4-5-16-22(2,3)20(24)15-13-17-12-14-19(23)18(17)10-8-6-7-9-11-21(25)26/h6,8,13,15,17-18,20,24H,4-5,7,9-12,14,16H2,1-3H3,(H,25,26)/b8-6-,15-13+. The van der Waals surface area contributed by atoms with Gasteiger partial charge in [0.15, 0.2) is 0 Å². The van der Waals surface area contributed by atoms with Crippen LogP contribution >= 0.6 is 0 Å². The van der Waals surface area contributed by atoms with Gasteiger partial charge in [0.2, 0.25) is 0 Å². The molecule has 1 saturated carbocycles. The van der Waals surface area contributed by atoms with E-state index in [0.717, 1.165) is 32.1 Å². The van der Waals surface area contributed by atoms with Gasteiger partial charge in [0, 0.05) is 18.8 Å². The van der Waals surface area contributed by atoms with Gasteiger partial charge in [0.25, 0.3) is 0 Å². The molecule has 2 N–H and O–H groups in total. The number of aliphatic carboxylic acids is 1. The van der Waals surface area contributed by atoms with E-state index in [1.165, 1.54) is 0 Å². The van der Waals surface area contributed by atoms with Crippen molar-refractivity contribution >= 4 is 11.8 Å². The number of hydrogen-bond acceptors (Lipinski definition) is 3. The second-order valence-electron chi connectivity index (χ2n) is 8.19. The molecule has 4 nitrogen and oxygen atoms in total. The largest absolute Gasteiger partial charge is 0.481 e. The summed E-state index contributed by atoms with van der Waals surface area (Å²) in [6.07, 6.45) is 14.4. The van der Waals surface area contributed by atoms with E-state index < -0.39 is 12.1 Å². The van der Waals surface area contributed by atoms with Gasteiger partial charge in [-0.25, -0.2) is 0 Å². The Morgan fingerprint density at radius 2 is 2.04 bits per heavy atom. The Labute approximate surface area is 158 Å². The summed E-state index contributed by atoms with van der Waals surface area (Å²) in [7, 11) is 0. The lowest BCUT2D eigenvalue weighted by molar-refractivity contribution is -0.137. The molecule has 3 unspecified atom stereocenters. The van der Waals surface area contributed by atoms with Gasteiger partial charge in [0.1, 0.15) is 5.78 Å². The first kappa shape index (κ1) is 22.6. The minimum absolute atomic E-state index is 0.00655. The maximum atomic E-state index is 12.2. The second kappa shape index (κ2) is 11.3. The molecule has 4 heteroatoms. The fraction of sp³-hybridized carbons (Fsp3) is 0.727. The number of carboxylic acids is 1. The zero-order valence-electron chi connectivity index (χ0n) is 16.6. The summed E-state index contributed by atoms with van der Waals surface area (Å²) in [6, 6.07) is 0. The maximum Gasteiger partial charge on any atom is 0.303 e. The number of aliphatic hydroxyl groups excluding tert-OH is 1. The summed E-state index contributed by atoms with van der Waals surface area (Å²) in [4.78, 5) is 22.7. The number of allylic oxidation sites excluding steroid dienone is 3. The summed E-state index contributed by atoms with van der Waals surface area (Å²) < 4.78 is 0. The SMILES string of the molecule is CCCCC(C)(C)C(O)/C=C/C1CCC(=O)C1C/C=C\CCCC(=O)O. The van der Waals surface area contributed by atoms with Crippen LogP contribution in [0.2, 0.25) is 0 Å². The quantitative estimate of drug-likeness (QED) is 0.381. The van der Waals surface area contributed by atoms with Crippen molar-refractivity contribution in [3.05, 3.63) is 24.3 Å². The molecule has 0 aromatic rings. The Kier molecular flexibility index (Phi) is 9.85. The van der Waals surface area contributed by atoms with E-state index in [0.29, 0.717) is 25.0 Å². The monoisotopic (exact) mass is 364 g/mol. The molecule has 0 aromatic carbocycles. The summed E-state index contributed by atoms with van der Waals surface area (Å²) in [5, 5.41) is 19.1. The van der Waals surface area contributed by atoms with Crippen LogP contribution in [0.1, 0.15) is 78.6 Å². The van der Waals surface area contributed by atoms with Crippen molar-refractivity contribution < 1.29 is 19.8 Å². The molecular weight excluding hydrogens is 328 g/mol. The number of ketones is 1. The average Bonchev–Trinajstić information content (AvgIpc) is 2.93. The van der Waals surface area contributed by atoms with Gasteiger partial charge >= 0.3 is 5.97 Å². The number of unbranched alkanes of at least 4 members (excludes halogenated alkanes) is 2. The van der Waals surface area contributed by atoms with Crippen LogP contribution in [0.15, 0.2) is 24.3 Å². The van der Waals surface area contributed by atoms with Gasteiger partial charge in [0.05, 0.1) is 6.10 Å². The molecule has 1 rings (SSSR count). The van der Waals surface area contributed by atoms with E-state index in [1.807, 2.05) is 24.3 Å². The van der Waals surface area contributed by atoms with Crippen LogP contribution in [-0.2, 0) is 9.59 Å². The van der Waals surface area contributed by atoms with E-state index >= 15 is 0 Å². The van der Waals surface area contributed by atoms with E-state index in [2.05, 4.69) is 20.8 Å².